The van der Waals surface area contributed by atoms with Gasteiger partial charge in [-0.25, -0.2) is 0 Å². The Balaban J connectivity index is 4.37. The van der Waals surface area contributed by atoms with Gasteiger partial charge in [0.2, 0.25) is 0 Å². The summed E-state index contributed by atoms with van der Waals surface area (Å²) in [5.41, 5.74) is 0. The van der Waals surface area contributed by atoms with Crippen molar-refractivity contribution in [2.24, 2.45) is 0 Å². The van der Waals surface area contributed by atoms with Crippen LogP contribution in [-0.4, -0.2) is 37.2 Å². The molecule has 0 fully saturated rings. The van der Waals surface area contributed by atoms with E-state index in [1.165, 1.54) is 83.5 Å². The molecule has 1 atom stereocenters. The predicted octanol–water partition coefficient (Wildman–Crippen LogP) is 18.1. The smallest absolute Gasteiger partial charge is 0.306 e. The van der Waals surface area contributed by atoms with Crippen LogP contribution < -0.4 is 0 Å². The van der Waals surface area contributed by atoms with E-state index in [0.717, 1.165) is 122 Å². The second-order valence-corrected chi connectivity index (χ2v) is 17.8. The first kappa shape index (κ1) is 62.3. The maximum absolute atomic E-state index is 12.8. The monoisotopic (exact) mass is 917 g/mol. The fraction of sp³-hybridized carbons (Fsp3) is 0.683. The molecular formula is C60H100O6. The average molecular weight is 917 g/mol. The molecule has 0 rings (SSSR count). The van der Waals surface area contributed by atoms with Gasteiger partial charge in [0.05, 0.1) is 0 Å². The Hall–Kier alpha value is -3.67. The molecule has 0 saturated heterocycles. The number of esters is 3. The lowest BCUT2D eigenvalue weighted by Crippen LogP contribution is -2.30. The van der Waals surface area contributed by atoms with Gasteiger partial charge in [-0.15, -0.1) is 0 Å². The summed E-state index contributed by atoms with van der Waals surface area (Å²) in [6.07, 6.45) is 71.1. The van der Waals surface area contributed by atoms with Crippen LogP contribution in [0.4, 0.5) is 0 Å². The topological polar surface area (TPSA) is 78.9 Å². The molecule has 0 saturated carbocycles. The molecule has 0 heterocycles. The van der Waals surface area contributed by atoms with E-state index < -0.39 is 6.10 Å². The largest absolute Gasteiger partial charge is 0.462 e. The molecule has 0 aliphatic carbocycles. The maximum atomic E-state index is 12.8. The molecule has 0 aromatic carbocycles. The molecule has 6 heteroatoms. The number of ether oxygens (including phenoxy) is 3. The van der Waals surface area contributed by atoms with Crippen molar-refractivity contribution < 1.29 is 28.6 Å². The van der Waals surface area contributed by atoms with Crippen molar-refractivity contribution in [1.29, 1.82) is 0 Å². The number of unbranched alkanes of at least 4 members (excludes halogenated alkanes) is 21. The van der Waals surface area contributed by atoms with E-state index in [1.807, 2.05) is 0 Å². The van der Waals surface area contributed by atoms with Crippen LogP contribution in [0, 0.1) is 0 Å². The predicted molar refractivity (Wildman–Crippen MR) is 284 cm³/mol. The van der Waals surface area contributed by atoms with Gasteiger partial charge in [0, 0.05) is 19.3 Å². The van der Waals surface area contributed by atoms with Gasteiger partial charge in [-0.1, -0.05) is 221 Å². The van der Waals surface area contributed by atoms with Gasteiger partial charge >= 0.3 is 17.9 Å². The standard InChI is InChI=1S/C60H100O6/c1-4-7-10-13-16-19-22-24-25-26-27-28-29-30-31-32-33-34-35-37-38-41-44-47-50-53-59(62)65-56-57(55-64-58(61)52-49-46-43-40-21-18-15-12-9-6-3)66-60(63)54-51-48-45-42-39-36-23-20-17-14-11-8-5-2/h7,10,16,19-20,23-25,27-28,30-31,33-34,37-38,57H,4-6,8-9,11-15,17-18,21-22,26,29,32,35-36,39-56H2,1-3H3/b10-7-,19-16-,23-20-,25-24-,28-27-,31-30-,34-33-,38-37-. The summed E-state index contributed by atoms with van der Waals surface area (Å²) < 4.78 is 16.8. The Morgan fingerprint density at radius 3 is 0.970 bits per heavy atom. The van der Waals surface area contributed by atoms with Crippen LogP contribution in [0.25, 0.3) is 0 Å². The lowest BCUT2D eigenvalue weighted by molar-refractivity contribution is -0.167. The van der Waals surface area contributed by atoms with Crippen molar-refractivity contribution in [3.63, 3.8) is 0 Å². The molecule has 66 heavy (non-hydrogen) atoms. The molecule has 0 spiro atoms. The van der Waals surface area contributed by atoms with Gasteiger partial charge in [0.15, 0.2) is 6.10 Å². The Morgan fingerprint density at radius 1 is 0.318 bits per heavy atom. The molecule has 0 amide bonds. The minimum atomic E-state index is -0.793. The van der Waals surface area contributed by atoms with Gasteiger partial charge in [0.1, 0.15) is 13.2 Å². The Bertz CT molecular complexity index is 1330. The highest BCUT2D eigenvalue weighted by Gasteiger charge is 2.19. The summed E-state index contributed by atoms with van der Waals surface area (Å²) in [5.74, 6) is -0.936. The Labute approximate surface area is 407 Å². The third kappa shape index (κ3) is 51.3. The molecule has 0 aromatic rings. The van der Waals surface area contributed by atoms with Crippen molar-refractivity contribution in [1.82, 2.24) is 0 Å². The van der Waals surface area contributed by atoms with Crippen molar-refractivity contribution in [2.75, 3.05) is 13.2 Å². The number of hydrogen-bond acceptors (Lipinski definition) is 6. The van der Waals surface area contributed by atoms with Gasteiger partial charge in [-0.2, -0.15) is 0 Å². The summed E-state index contributed by atoms with van der Waals surface area (Å²) in [5, 5.41) is 0. The first-order valence-electron chi connectivity index (χ1n) is 27.2. The van der Waals surface area contributed by atoms with Crippen LogP contribution in [0.3, 0.4) is 0 Å². The van der Waals surface area contributed by atoms with Gasteiger partial charge < -0.3 is 14.2 Å². The molecule has 0 aliphatic rings. The first-order chi connectivity index (χ1) is 32.5. The summed E-state index contributed by atoms with van der Waals surface area (Å²) >= 11 is 0. The van der Waals surface area contributed by atoms with Crippen molar-refractivity contribution in [2.45, 2.75) is 252 Å². The molecule has 0 radical (unpaired) electrons. The molecule has 0 aromatic heterocycles. The second kappa shape index (κ2) is 53.9. The number of carbonyl (C=O) groups excluding carboxylic acids is 3. The quantitative estimate of drug-likeness (QED) is 0.0262. The van der Waals surface area contributed by atoms with Crippen LogP contribution in [0.2, 0.25) is 0 Å². The second-order valence-electron chi connectivity index (χ2n) is 17.8. The Kier molecular flexibility index (Phi) is 50.9. The van der Waals surface area contributed by atoms with Crippen molar-refractivity contribution in [3.8, 4) is 0 Å². The third-order valence-electron chi connectivity index (χ3n) is 11.3. The van der Waals surface area contributed by atoms with E-state index in [-0.39, 0.29) is 31.1 Å². The minimum absolute atomic E-state index is 0.0906. The zero-order chi connectivity index (χ0) is 47.9. The lowest BCUT2D eigenvalue weighted by Gasteiger charge is -2.18. The SMILES string of the molecule is CC/C=C\C/C=C\C/C=C\C/C=C\C/C=C\C/C=C\C/C=C\CCCCCC(=O)OCC(COC(=O)CCCCCCCCCCCC)OC(=O)CCCCCCC/C=C\CCCCCC. The van der Waals surface area contributed by atoms with Gasteiger partial charge in [-0.05, 0) is 103 Å². The molecular weight excluding hydrogens is 817 g/mol. The highest BCUT2D eigenvalue weighted by atomic mass is 16.6. The molecule has 0 aliphatic heterocycles. The van der Waals surface area contributed by atoms with Gasteiger partial charge in [0.25, 0.3) is 0 Å². The highest BCUT2D eigenvalue weighted by Crippen LogP contribution is 2.14. The van der Waals surface area contributed by atoms with E-state index >= 15 is 0 Å². The summed E-state index contributed by atoms with van der Waals surface area (Å²) in [6, 6.07) is 0. The van der Waals surface area contributed by atoms with E-state index in [4.69, 9.17) is 14.2 Å². The van der Waals surface area contributed by atoms with E-state index in [2.05, 4.69) is 118 Å². The minimum Gasteiger partial charge on any atom is -0.462 e. The zero-order valence-corrected chi connectivity index (χ0v) is 42.9. The maximum Gasteiger partial charge on any atom is 0.306 e. The fourth-order valence-electron chi connectivity index (χ4n) is 7.24. The molecule has 6 nitrogen and oxygen atoms in total. The first-order valence-corrected chi connectivity index (χ1v) is 27.2. The van der Waals surface area contributed by atoms with Crippen LogP contribution in [0.1, 0.15) is 245 Å². The summed E-state index contributed by atoms with van der Waals surface area (Å²) in [6.45, 7) is 6.46. The average Bonchev–Trinajstić information content (AvgIpc) is 3.31. The molecule has 0 bridgehead atoms. The molecule has 1 unspecified atom stereocenters. The normalized spacial score (nSPS) is 12.8. The lowest BCUT2D eigenvalue weighted by atomic mass is 10.1. The number of carbonyl (C=O) groups is 3. The highest BCUT2D eigenvalue weighted by molar-refractivity contribution is 5.71. The summed E-state index contributed by atoms with van der Waals surface area (Å²) in [4.78, 5) is 37.9. The number of hydrogen-bond donors (Lipinski definition) is 0. The van der Waals surface area contributed by atoms with Crippen LogP contribution in [0.15, 0.2) is 97.2 Å². The summed E-state index contributed by atoms with van der Waals surface area (Å²) in [7, 11) is 0. The third-order valence-corrected chi connectivity index (χ3v) is 11.3. The van der Waals surface area contributed by atoms with E-state index in [0.29, 0.717) is 19.3 Å². The van der Waals surface area contributed by atoms with Crippen molar-refractivity contribution in [3.05, 3.63) is 97.2 Å². The molecule has 0 N–H and O–H groups in total. The fourth-order valence-corrected chi connectivity index (χ4v) is 7.24. The van der Waals surface area contributed by atoms with Crippen LogP contribution in [-0.2, 0) is 28.6 Å². The number of allylic oxidation sites excluding steroid dienone is 16. The molecule has 376 valence electrons. The van der Waals surface area contributed by atoms with Gasteiger partial charge in [-0.3, -0.25) is 14.4 Å². The van der Waals surface area contributed by atoms with Crippen molar-refractivity contribution >= 4 is 17.9 Å². The van der Waals surface area contributed by atoms with Crippen LogP contribution >= 0.6 is 0 Å². The number of rotatable bonds is 48. The Morgan fingerprint density at radius 2 is 0.591 bits per heavy atom. The van der Waals surface area contributed by atoms with Crippen LogP contribution in [0.5, 0.6) is 0 Å². The van der Waals surface area contributed by atoms with E-state index in [1.54, 1.807) is 0 Å². The van der Waals surface area contributed by atoms with E-state index in [9.17, 15) is 14.4 Å². The zero-order valence-electron chi connectivity index (χ0n) is 42.9.